The lowest BCUT2D eigenvalue weighted by Gasteiger charge is -2.13. The molecule has 0 bridgehead atoms. The van der Waals surface area contributed by atoms with Crippen molar-refractivity contribution in [3.8, 4) is 0 Å². The quantitative estimate of drug-likeness (QED) is 0.827. The highest BCUT2D eigenvalue weighted by Crippen LogP contribution is 2.37. The van der Waals surface area contributed by atoms with Crippen LogP contribution in [0.3, 0.4) is 0 Å². The Labute approximate surface area is 95.9 Å². The van der Waals surface area contributed by atoms with Gasteiger partial charge in [0, 0.05) is 5.54 Å². The summed E-state index contributed by atoms with van der Waals surface area (Å²) in [4.78, 5) is 0. The highest BCUT2D eigenvalue weighted by atomic mass is 32.2. The van der Waals surface area contributed by atoms with Crippen LogP contribution in [0.5, 0.6) is 0 Å². The van der Waals surface area contributed by atoms with Crippen molar-refractivity contribution in [1.82, 2.24) is 0 Å². The predicted molar refractivity (Wildman–Crippen MR) is 64.8 cm³/mol. The first-order valence-corrected chi connectivity index (χ1v) is 7.12. The molecule has 1 fully saturated rings. The molecule has 5 heteroatoms. The molecule has 0 saturated heterocycles. The smallest absolute Gasteiger partial charge is 0.229 e. The minimum atomic E-state index is -3.23. The van der Waals surface area contributed by atoms with E-state index in [2.05, 4.69) is 4.72 Å². The van der Waals surface area contributed by atoms with E-state index in [4.69, 9.17) is 5.73 Å². The summed E-state index contributed by atoms with van der Waals surface area (Å²) in [5.74, 6) is 0. The first kappa shape index (κ1) is 11.4. The van der Waals surface area contributed by atoms with Crippen molar-refractivity contribution < 1.29 is 8.42 Å². The van der Waals surface area contributed by atoms with Gasteiger partial charge in [-0.05, 0) is 30.9 Å². The molecule has 0 heterocycles. The van der Waals surface area contributed by atoms with Crippen LogP contribution in [0.1, 0.15) is 18.4 Å². The van der Waals surface area contributed by atoms with E-state index in [0.717, 1.165) is 31.1 Å². The Morgan fingerprint density at radius 2 is 2.00 bits per heavy atom. The number of para-hydroxylation sites is 1. The van der Waals surface area contributed by atoms with Gasteiger partial charge in [-0.15, -0.1) is 0 Å². The van der Waals surface area contributed by atoms with Crippen LogP contribution in [-0.4, -0.2) is 20.2 Å². The normalized spacial score (nSPS) is 18.1. The van der Waals surface area contributed by atoms with Gasteiger partial charge >= 0.3 is 0 Å². The molecule has 0 aliphatic heterocycles. The third kappa shape index (κ3) is 2.96. The average molecular weight is 240 g/mol. The lowest BCUT2D eigenvalue weighted by atomic mass is 10.0. The molecule has 0 atom stereocenters. The lowest BCUT2D eigenvalue weighted by Crippen LogP contribution is -2.25. The second-order valence-corrected chi connectivity index (χ2v) is 6.32. The summed E-state index contributed by atoms with van der Waals surface area (Å²) in [5.41, 5.74) is 7.52. The molecule has 3 N–H and O–H groups in total. The van der Waals surface area contributed by atoms with Crippen LogP contribution >= 0.6 is 0 Å². The van der Waals surface area contributed by atoms with Crippen molar-refractivity contribution in [2.75, 3.05) is 11.0 Å². The zero-order chi connectivity index (χ0) is 11.8. The van der Waals surface area contributed by atoms with Crippen LogP contribution in [0, 0.1) is 0 Å². The van der Waals surface area contributed by atoms with E-state index in [1.54, 1.807) is 6.07 Å². The Bertz CT molecular complexity index is 492. The predicted octanol–water partition coefficient (Wildman–Crippen LogP) is 1.09. The Kier molecular flexibility index (Phi) is 2.67. The number of hydrogen-bond donors (Lipinski definition) is 2. The number of anilines is 1. The third-order valence-electron chi connectivity index (χ3n) is 2.75. The van der Waals surface area contributed by atoms with Crippen LogP contribution in [-0.2, 0) is 16.4 Å². The molecule has 1 saturated carbocycles. The van der Waals surface area contributed by atoms with Crippen LogP contribution in [0.2, 0.25) is 0 Å². The van der Waals surface area contributed by atoms with Crippen LogP contribution in [0.15, 0.2) is 24.3 Å². The maximum atomic E-state index is 11.2. The number of hydrogen-bond acceptors (Lipinski definition) is 3. The largest absolute Gasteiger partial charge is 0.325 e. The van der Waals surface area contributed by atoms with Crippen molar-refractivity contribution in [2.24, 2.45) is 5.73 Å². The molecule has 4 nitrogen and oxygen atoms in total. The van der Waals surface area contributed by atoms with Gasteiger partial charge in [-0.25, -0.2) is 8.42 Å². The number of benzene rings is 1. The van der Waals surface area contributed by atoms with Crippen molar-refractivity contribution in [2.45, 2.75) is 24.8 Å². The molecular formula is C11H16N2O2S. The molecular weight excluding hydrogens is 224 g/mol. The zero-order valence-electron chi connectivity index (χ0n) is 9.23. The summed E-state index contributed by atoms with van der Waals surface area (Å²) in [6, 6.07) is 7.39. The van der Waals surface area contributed by atoms with E-state index in [1.807, 2.05) is 18.2 Å². The van der Waals surface area contributed by atoms with E-state index in [0.29, 0.717) is 5.69 Å². The molecule has 1 aliphatic carbocycles. The van der Waals surface area contributed by atoms with Gasteiger partial charge in [-0.2, -0.15) is 0 Å². The van der Waals surface area contributed by atoms with E-state index in [1.165, 1.54) is 0 Å². The minimum absolute atomic E-state index is 0.116. The Balaban J connectivity index is 2.23. The molecule has 0 unspecified atom stereocenters. The van der Waals surface area contributed by atoms with Gasteiger partial charge in [0.1, 0.15) is 0 Å². The molecule has 0 spiro atoms. The second-order valence-electron chi connectivity index (χ2n) is 4.57. The van der Waals surface area contributed by atoms with E-state index in [-0.39, 0.29) is 5.54 Å². The molecule has 0 amide bonds. The molecule has 88 valence electrons. The number of sulfonamides is 1. The molecule has 0 radical (unpaired) electrons. The highest BCUT2D eigenvalue weighted by Gasteiger charge is 2.38. The summed E-state index contributed by atoms with van der Waals surface area (Å²) >= 11 is 0. The first-order valence-electron chi connectivity index (χ1n) is 5.23. The fraction of sp³-hybridized carbons (Fsp3) is 0.455. The Hall–Kier alpha value is -1.07. The molecule has 1 aromatic rings. The summed E-state index contributed by atoms with van der Waals surface area (Å²) < 4.78 is 24.9. The van der Waals surface area contributed by atoms with Crippen molar-refractivity contribution in [3.05, 3.63) is 29.8 Å². The lowest BCUT2D eigenvalue weighted by molar-refractivity contribution is 0.606. The van der Waals surface area contributed by atoms with Crippen molar-refractivity contribution in [3.63, 3.8) is 0 Å². The van der Waals surface area contributed by atoms with Crippen molar-refractivity contribution >= 4 is 15.7 Å². The van der Waals surface area contributed by atoms with E-state index in [9.17, 15) is 8.42 Å². The molecule has 1 aromatic carbocycles. The fourth-order valence-corrected chi connectivity index (χ4v) is 2.29. The van der Waals surface area contributed by atoms with Gasteiger partial charge in [0.05, 0.1) is 11.9 Å². The van der Waals surface area contributed by atoms with Crippen molar-refractivity contribution in [1.29, 1.82) is 0 Å². The second kappa shape index (κ2) is 3.75. The highest BCUT2D eigenvalue weighted by molar-refractivity contribution is 7.92. The summed E-state index contributed by atoms with van der Waals surface area (Å²) in [5, 5.41) is 0. The average Bonchev–Trinajstić information content (AvgIpc) is 2.85. The maximum absolute atomic E-state index is 11.2. The molecule has 2 rings (SSSR count). The SMILES string of the molecule is CS(=O)(=O)Nc1ccccc1CC1(N)CC1. The fourth-order valence-electron chi connectivity index (χ4n) is 1.69. The number of rotatable bonds is 4. The standard InChI is InChI=1S/C11H16N2O2S/c1-16(14,15)13-10-5-3-2-4-9(10)8-11(12)6-7-11/h2-5,13H,6-8,12H2,1H3. The Morgan fingerprint density at radius 3 is 2.56 bits per heavy atom. The van der Waals surface area contributed by atoms with E-state index < -0.39 is 10.0 Å². The molecule has 1 aliphatic rings. The Morgan fingerprint density at radius 1 is 1.38 bits per heavy atom. The number of nitrogens with two attached hydrogens (primary N) is 1. The maximum Gasteiger partial charge on any atom is 0.229 e. The van der Waals surface area contributed by atoms with Gasteiger partial charge < -0.3 is 5.73 Å². The summed E-state index contributed by atoms with van der Waals surface area (Å²) in [7, 11) is -3.23. The van der Waals surface area contributed by atoms with Gasteiger partial charge in [0.2, 0.25) is 10.0 Å². The van der Waals surface area contributed by atoms with Gasteiger partial charge in [-0.1, -0.05) is 18.2 Å². The third-order valence-corrected chi connectivity index (χ3v) is 3.34. The topological polar surface area (TPSA) is 72.2 Å². The van der Waals surface area contributed by atoms with Gasteiger partial charge in [0.25, 0.3) is 0 Å². The zero-order valence-corrected chi connectivity index (χ0v) is 10.0. The molecule has 0 aromatic heterocycles. The van der Waals surface area contributed by atoms with Gasteiger partial charge in [-0.3, -0.25) is 4.72 Å². The van der Waals surface area contributed by atoms with Gasteiger partial charge in [0.15, 0.2) is 0 Å². The van der Waals surface area contributed by atoms with Crippen LogP contribution in [0.4, 0.5) is 5.69 Å². The summed E-state index contributed by atoms with van der Waals surface area (Å²) in [6.45, 7) is 0. The van der Waals surface area contributed by atoms with Crippen LogP contribution < -0.4 is 10.5 Å². The first-order chi connectivity index (χ1) is 7.38. The summed E-state index contributed by atoms with van der Waals surface area (Å²) in [6.07, 6.45) is 3.91. The number of nitrogens with one attached hydrogen (secondary N) is 1. The van der Waals surface area contributed by atoms with E-state index >= 15 is 0 Å². The van der Waals surface area contributed by atoms with Crippen LogP contribution in [0.25, 0.3) is 0 Å². The minimum Gasteiger partial charge on any atom is -0.325 e. The molecule has 16 heavy (non-hydrogen) atoms. The monoisotopic (exact) mass is 240 g/mol.